The molecule has 0 radical (unpaired) electrons. The van der Waals surface area contributed by atoms with Gasteiger partial charge in [-0.1, -0.05) is 30.6 Å². The first-order chi connectivity index (χ1) is 9.36. The molecule has 1 aliphatic rings. The Bertz CT molecular complexity index is 553. The second-order valence-electron chi connectivity index (χ2n) is 4.64. The Morgan fingerprint density at radius 3 is 3.16 bits per heavy atom. The van der Waals surface area contributed by atoms with Gasteiger partial charge in [-0.05, 0) is 18.6 Å². The fourth-order valence-electron chi connectivity index (χ4n) is 2.09. The van der Waals surface area contributed by atoms with Gasteiger partial charge < -0.3 is 14.6 Å². The molecule has 2 aromatic rings. The van der Waals surface area contributed by atoms with Crippen LogP contribution in [0.3, 0.4) is 0 Å². The summed E-state index contributed by atoms with van der Waals surface area (Å²) in [4.78, 5) is 4.40. The van der Waals surface area contributed by atoms with E-state index in [1.807, 2.05) is 24.3 Å². The number of para-hydroxylation sites is 2. The second-order valence-corrected chi connectivity index (χ2v) is 4.64. The first kappa shape index (κ1) is 12.0. The lowest BCUT2D eigenvalue weighted by molar-refractivity contribution is 0.162. The van der Waals surface area contributed by atoms with Gasteiger partial charge in [0.15, 0.2) is 11.9 Å². The fraction of sp³-hybridized carbons (Fsp3) is 0.429. The van der Waals surface area contributed by atoms with Gasteiger partial charge in [-0.3, -0.25) is 0 Å². The maximum absolute atomic E-state index is 5.88. The van der Waals surface area contributed by atoms with Gasteiger partial charge in [0.1, 0.15) is 5.75 Å². The van der Waals surface area contributed by atoms with Crippen LogP contribution in [-0.2, 0) is 6.42 Å². The zero-order chi connectivity index (χ0) is 13.1. The molecule has 1 unspecified atom stereocenters. The van der Waals surface area contributed by atoms with E-state index in [4.69, 9.17) is 9.26 Å². The highest BCUT2D eigenvalue weighted by atomic mass is 16.5. The first-order valence-electron chi connectivity index (χ1n) is 6.69. The molecule has 5 nitrogen and oxygen atoms in total. The van der Waals surface area contributed by atoms with E-state index in [0.29, 0.717) is 12.4 Å². The van der Waals surface area contributed by atoms with Crippen molar-refractivity contribution in [3.05, 3.63) is 36.0 Å². The van der Waals surface area contributed by atoms with Crippen LogP contribution in [0.15, 0.2) is 28.8 Å². The largest absolute Gasteiger partial charge is 0.477 e. The third-order valence-corrected chi connectivity index (χ3v) is 3.15. The van der Waals surface area contributed by atoms with Crippen molar-refractivity contribution in [2.45, 2.75) is 32.3 Å². The number of nitrogens with one attached hydrogen (secondary N) is 1. The third-order valence-electron chi connectivity index (χ3n) is 3.15. The Balaban J connectivity index is 1.72. The number of anilines is 1. The molecule has 5 heteroatoms. The maximum atomic E-state index is 5.88. The molecule has 1 aliphatic heterocycles. The van der Waals surface area contributed by atoms with Gasteiger partial charge in [0, 0.05) is 6.42 Å². The summed E-state index contributed by atoms with van der Waals surface area (Å²) in [6.45, 7) is 2.79. The molecule has 3 rings (SSSR count). The van der Waals surface area contributed by atoms with E-state index >= 15 is 0 Å². The van der Waals surface area contributed by atoms with Crippen molar-refractivity contribution in [1.82, 2.24) is 10.1 Å². The second kappa shape index (κ2) is 5.30. The summed E-state index contributed by atoms with van der Waals surface area (Å²) < 4.78 is 11.2. The van der Waals surface area contributed by atoms with Gasteiger partial charge in [-0.25, -0.2) is 0 Å². The molecule has 1 N–H and O–H groups in total. The highest BCUT2D eigenvalue weighted by Gasteiger charge is 2.25. The highest BCUT2D eigenvalue weighted by molar-refractivity contribution is 5.57. The maximum Gasteiger partial charge on any atom is 0.269 e. The zero-order valence-corrected chi connectivity index (χ0v) is 10.9. The van der Waals surface area contributed by atoms with Crippen molar-refractivity contribution >= 4 is 5.69 Å². The van der Waals surface area contributed by atoms with Crippen molar-refractivity contribution in [2.24, 2.45) is 0 Å². The summed E-state index contributed by atoms with van der Waals surface area (Å²) >= 11 is 0. The molecule has 0 spiro atoms. The summed E-state index contributed by atoms with van der Waals surface area (Å²) in [6, 6.07) is 7.85. The molecular formula is C14H17N3O2. The smallest absolute Gasteiger partial charge is 0.269 e. The van der Waals surface area contributed by atoms with Gasteiger partial charge >= 0.3 is 0 Å². The molecule has 1 aromatic heterocycles. The van der Waals surface area contributed by atoms with Crippen LogP contribution in [0.25, 0.3) is 0 Å². The van der Waals surface area contributed by atoms with Gasteiger partial charge in [0.25, 0.3) is 5.89 Å². The minimum atomic E-state index is -0.210. The quantitative estimate of drug-likeness (QED) is 0.914. The number of hydrogen-bond acceptors (Lipinski definition) is 5. The zero-order valence-electron chi connectivity index (χ0n) is 10.9. The summed E-state index contributed by atoms with van der Waals surface area (Å²) in [6.07, 6.45) is 2.85. The van der Waals surface area contributed by atoms with E-state index < -0.39 is 0 Å². The van der Waals surface area contributed by atoms with Crippen molar-refractivity contribution < 1.29 is 9.26 Å². The van der Waals surface area contributed by atoms with E-state index in [-0.39, 0.29) is 6.10 Å². The standard InChI is InChI=1S/C14H17N3O2/c1-2-3-8-13-16-14(19-17-13)12-9-15-10-6-4-5-7-11(10)18-12/h4-7,12,15H,2-3,8-9H2,1H3. The van der Waals surface area contributed by atoms with Crippen molar-refractivity contribution in [2.75, 3.05) is 11.9 Å². The Hall–Kier alpha value is -2.04. The van der Waals surface area contributed by atoms with E-state index in [9.17, 15) is 0 Å². The minimum absolute atomic E-state index is 0.210. The highest BCUT2D eigenvalue weighted by Crippen LogP contribution is 2.33. The lowest BCUT2D eigenvalue weighted by Crippen LogP contribution is -2.23. The monoisotopic (exact) mass is 259 g/mol. The number of rotatable bonds is 4. The molecule has 0 amide bonds. The van der Waals surface area contributed by atoms with Crippen molar-refractivity contribution in [1.29, 1.82) is 0 Å². The average molecular weight is 259 g/mol. The number of nitrogens with zero attached hydrogens (tertiary/aromatic N) is 2. The average Bonchev–Trinajstić information content (AvgIpc) is 2.93. The summed E-state index contributed by atoms with van der Waals surface area (Å²) in [7, 11) is 0. The Kier molecular flexibility index (Phi) is 3.35. The fourth-order valence-corrected chi connectivity index (χ4v) is 2.09. The minimum Gasteiger partial charge on any atom is -0.477 e. The lowest BCUT2D eigenvalue weighted by atomic mass is 10.2. The normalized spacial score (nSPS) is 17.4. The number of unbranched alkanes of at least 4 members (excludes halogenated alkanes) is 1. The van der Waals surface area contributed by atoms with Crippen LogP contribution in [0.2, 0.25) is 0 Å². The summed E-state index contributed by atoms with van der Waals surface area (Å²) in [5.74, 6) is 2.14. The first-order valence-corrected chi connectivity index (χ1v) is 6.69. The Morgan fingerprint density at radius 1 is 1.37 bits per heavy atom. The number of hydrogen-bond donors (Lipinski definition) is 1. The molecule has 0 bridgehead atoms. The van der Waals surface area contributed by atoms with E-state index in [0.717, 1.165) is 36.5 Å². The molecule has 1 aromatic carbocycles. The summed E-state index contributed by atoms with van der Waals surface area (Å²) in [5.41, 5.74) is 1.00. The van der Waals surface area contributed by atoms with E-state index in [1.54, 1.807) is 0 Å². The van der Waals surface area contributed by atoms with E-state index in [2.05, 4.69) is 22.4 Å². The number of fused-ring (bicyclic) bond motifs is 1. The number of ether oxygens (including phenoxy) is 1. The molecule has 0 fully saturated rings. The van der Waals surface area contributed by atoms with Gasteiger partial charge in [0.05, 0.1) is 12.2 Å². The molecule has 1 atom stereocenters. The van der Waals surface area contributed by atoms with Crippen LogP contribution in [-0.4, -0.2) is 16.7 Å². The third kappa shape index (κ3) is 2.54. The number of benzene rings is 1. The molecule has 2 heterocycles. The summed E-state index contributed by atoms with van der Waals surface area (Å²) in [5, 5.41) is 7.30. The van der Waals surface area contributed by atoms with Gasteiger partial charge in [-0.15, -0.1) is 0 Å². The topological polar surface area (TPSA) is 60.2 Å². The lowest BCUT2D eigenvalue weighted by Gasteiger charge is -2.24. The van der Waals surface area contributed by atoms with Gasteiger partial charge in [-0.2, -0.15) is 4.98 Å². The van der Waals surface area contributed by atoms with E-state index in [1.165, 1.54) is 0 Å². The Morgan fingerprint density at radius 2 is 2.26 bits per heavy atom. The van der Waals surface area contributed by atoms with Crippen LogP contribution >= 0.6 is 0 Å². The van der Waals surface area contributed by atoms with Crippen LogP contribution in [0.5, 0.6) is 5.75 Å². The SMILES string of the molecule is CCCCc1noc(C2CNc3ccccc3O2)n1. The number of aromatic nitrogens is 2. The molecule has 100 valence electrons. The van der Waals surface area contributed by atoms with Crippen LogP contribution in [0.4, 0.5) is 5.69 Å². The Labute approximate surface area is 112 Å². The van der Waals surface area contributed by atoms with Crippen LogP contribution in [0.1, 0.15) is 37.6 Å². The van der Waals surface area contributed by atoms with Gasteiger partial charge in [0.2, 0.25) is 0 Å². The van der Waals surface area contributed by atoms with Crippen LogP contribution < -0.4 is 10.1 Å². The van der Waals surface area contributed by atoms with Crippen LogP contribution in [0, 0.1) is 0 Å². The molecule has 0 aliphatic carbocycles. The molecular weight excluding hydrogens is 242 g/mol. The molecule has 0 saturated heterocycles. The van der Waals surface area contributed by atoms with Crippen molar-refractivity contribution in [3.63, 3.8) is 0 Å². The molecule has 19 heavy (non-hydrogen) atoms. The number of aryl methyl sites for hydroxylation is 1. The predicted octanol–water partition coefficient (Wildman–Crippen LogP) is 2.96. The molecule has 0 saturated carbocycles. The predicted molar refractivity (Wildman–Crippen MR) is 71.2 cm³/mol. The van der Waals surface area contributed by atoms with Crippen molar-refractivity contribution in [3.8, 4) is 5.75 Å².